The lowest BCUT2D eigenvalue weighted by molar-refractivity contribution is 0.0163. The highest BCUT2D eigenvalue weighted by atomic mass is 16.5. The zero-order valence-corrected chi connectivity index (χ0v) is 11.8. The Morgan fingerprint density at radius 1 is 1.32 bits per heavy atom. The van der Waals surface area contributed by atoms with Crippen molar-refractivity contribution in [3.05, 3.63) is 29.3 Å². The molecule has 0 aliphatic heterocycles. The SMILES string of the molecule is CCC1CCC(OC(=O)c2ccc(N)cc2C)CC1. The highest BCUT2D eigenvalue weighted by Gasteiger charge is 2.23. The lowest BCUT2D eigenvalue weighted by Gasteiger charge is -2.27. The minimum Gasteiger partial charge on any atom is -0.459 e. The van der Waals surface area contributed by atoms with Gasteiger partial charge in [-0.2, -0.15) is 0 Å². The average Bonchev–Trinajstić information content (AvgIpc) is 2.39. The smallest absolute Gasteiger partial charge is 0.338 e. The molecule has 2 N–H and O–H groups in total. The number of hydrogen-bond donors (Lipinski definition) is 1. The Morgan fingerprint density at radius 3 is 2.58 bits per heavy atom. The van der Waals surface area contributed by atoms with E-state index >= 15 is 0 Å². The van der Waals surface area contributed by atoms with Gasteiger partial charge in [0.05, 0.1) is 5.56 Å². The summed E-state index contributed by atoms with van der Waals surface area (Å²) in [5.74, 6) is 0.602. The molecule has 2 rings (SSSR count). The van der Waals surface area contributed by atoms with Crippen molar-refractivity contribution < 1.29 is 9.53 Å². The first-order chi connectivity index (χ1) is 9.10. The molecular formula is C16H23NO2. The Bertz CT molecular complexity index is 448. The molecule has 0 saturated heterocycles. The van der Waals surface area contributed by atoms with Gasteiger partial charge in [0.1, 0.15) is 6.10 Å². The lowest BCUT2D eigenvalue weighted by Crippen LogP contribution is -2.24. The van der Waals surface area contributed by atoms with Crippen molar-refractivity contribution in [2.75, 3.05) is 5.73 Å². The summed E-state index contributed by atoms with van der Waals surface area (Å²) >= 11 is 0. The predicted molar refractivity (Wildman–Crippen MR) is 77.0 cm³/mol. The van der Waals surface area contributed by atoms with E-state index in [0.29, 0.717) is 11.3 Å². The summed E-state index contributed by atoms with van der Waals surface area (Å²) in [4.78, 5) is 12.1. The highest BCUT2D eigenvalue weighted by molar-refractivity contribution is 5.91. The maximum absolute atomic E-state index is 12.1. The molecule has 0 atom stereocenters. The summed E-state index contributed by atoms with van der Waals surface area (Å²) in [5.41, 5.74) is 7.88. The molecule has 3 heteroatoms. The van der Waals surface area contributed by atoms with Gasteiger partial charge in [-0.3, -0.25) is 0 Å². The largest absolute Gasteiger partial charge is 0.459 e. The third kappa shape index (κ3) is 3.49. The number of benzene rings is 1. The van der Waals surface area contributed by atoms with Crippen molar-refractivity contribution in [2.45, 2.75) is 52.1 Å². The number of carbonyl (C=O) groups is 1. The number of hydrogen-bond acceptors (Lipinski definition) is 3. The number of aryl methyl sites for hydroxylation is 1. The van der Waals surface area contributed by atoms with Crippen molar-refractivity contribution in [1.82, 2.24) is 0 Å². The molecule has 0 bridgehead atoms. The van der Waals surface area contributed by atoms with Gasteiger partial charge in [0.15, 0.2) is 0 Å². The first-order valence-corrected chi connectivity index (χ1v) is 7.17. The summed E-state index contributed by atoms with van der Waals surface area (Å²) in [6.07, 6.45) is 5.67. The van der Waals surface area contributed by atoms with Crippen LogP contribution in [0.5, 0.6) is 0 Å². The standard InChI is InChI=1S/C16H23NO2/c1-3-12-4-7-14(8-5-12)19-16(18)15-9-6-13(17)10-11(15)2/h6,9-10,12,14H,3-5,7-8,17H2,1-2H3. The Labute approximate surface area is 115 Å². The third-order valence-electron chi connectivity index (χ3n) is 4.12. The normalized spacial score (nSPS) is 23.1. The first kappa shape index (κ1) is 13.9. The van der Waals surface area contributed by atoms with Crippen LogP contribution >= 0.6 is 0 Å². The average molecular weight is 261 g/mol. The maximum atomic E-state index is 12.1. The van der Waals surface area contributed by atoms with Crippen molar-refractivity contribution in [2.24, 2.45) is 5.92 Å². The fraction of sp³-hybridized carbons (Fsp3) is 0.562. The van der Waals surface area contributed by atoms with E-state index in [-0.39, 0.29) is 12.1 Å². The van der Waals surface area contributed by atoms with Gasteiger partial charge in [0, 0.05) is 5.69 Å². The minimum atomic E-state index is -0.211. The molecule has 1 aromatic rings. The van der Waals surface area contributed by atoms with Crippen LogP contribution in [0.15, 0.2) is 18.2 Å². The van der Waals surface area contributed by atoms with E-state index in [4.69, 9.17) is 10.5 Å². The van der Waals surface area contributed by atoms with Crippen molar-refractivity contribution in [3.8, 4) is 0 Å². The van der Waals surface area contributed by atoms with Crippen LogP contribution in [-0.4, -0.2) is 12.1 Å². The number of carbonyl (C=O) groups excluding carboxylic acids is 1. The molecule has 1 aliphatic carbocycles. The van der Waals surface area contributed by atoms with Crippen molar-refractivity contribution in [1.29, 1.82) is 0 Å². The van der Waals surface area contributed by atoms with E-state index in [1.807, 2.05) is 13.0 Å². The van der Waals surface area contributed by atoms with E-state index in [2.05, 4.69) is 6.92 Å². The summed E-state index contributed by atoms with van der Waals surface area (Å²) in [7, 11) is 0. The molecule has 19 heavy (non-hydrogen) atoms. The van der Waals surface area contributed by atoms with Crippen LogP contribution in [-0.2, 0) is 4.74 Å². The predicted octanol–water partition coefficient (Wildman–Crippen LogP) is 3.70. The van der Waals surface area contributed by atoms with E-state index in [0.717, 1.165) is 24.3 Å². The van der Waals surface area contributed by atoms with E-state index in [1.165, 1.54) is 19.3 Å². The number of esters is 1. The summed E-state index contributed by atoms with van der Waals surface area (Å²) in [6.45, 7) is 4.12. The first-order valence-electron chi connectivity index (χ1n) is 7.17. The zero-order chi connectivity index (χ0) is 13.8. The molecule has 0 unspecified atom stereocenters. The number of rotatable bonds is 3. The molecule has 0 radical (unpaired) electrons. The zero-order valence-electron chi connectivity index (χ0n) is 11.8. The van der Waals surface area contributed by atoms with Gasteiger partial charge in [-0.1, -0.05) is 13.3 Å². The Kier molecular flexibility index (Phi) is 4.46. The van der Waals surface area contributed by atoms with Crippen molar-refractivity contribution in [3.63, 3.8) is 0 Å². The van der Waals surface area contributed by atoms with E-state index in [1.54, 1.807) is 12.1 Å². The van der Waals surface area contributed by atoms with Gasteiger partial charge >= 0.3 is 5.97 Å². The molecule has 0 aromatic heterocycles. The number of ether oxygens (including phenoxy) is 1. The lowest BCUT2D eigenvalue weighted by atomic mass is 9.86. The fourth-order valence-electron chi connectivity index (χ4n) is 2.79. The molecule has 3 nitrogen and oxygen atoms in total. The number of nitrogen functional groups attached to an aromatic ring is 1. The van der Waals surface area contributed by atoms with E-state index < -0.39 is 0 Å². The molecule has 0 heterocycles. The quantitative estimate of drug-likeness (QED) is 0.666. The molecule has 104 valence electrons. The molecular weight excluding hydrogens is 238 g/mol. The highest BCUT2D eigenvalue weighted by Crippen LogP contribution is 2.29. The topological polar surface area (TPSA) is 52.3 Å². The van der Waals surface area contributed by atoms with Crippen LogP contribution in [0.1, 0.15) is 54.9 Å². The van der Waals surface area contributed by atoms with Gasteiger partial charge in [-0.05, 0) is 62.3 Å². The van der Waals surface area contributed by atoms with Crippen LogP contribution in [0.2, 0.25) is 0 Å². The van der Waals surface area contributed by atoms with Crippen molar-refractivity contribution >= 4 is 11.7 Å². The molecule has 1 fully saturated rings. The fourth-order valence-corrected chi connectivity index (χ4v) is 2.79. The summed E-state index contributed by atoms with van der Waals surface area (Å²) in [5, 5.41) is 0. The Balaban J connectivity index is 1.94. The van der Waals surface area contributed by atoms with Crippen LogP contribution in [0, 0.1) is 12.8 Å². The van der Waals surface area contributed by atoms with Crippen LogP contribution < -0.4 is 5.73 Å². The molecule has 1 aliphatic rings. The van der Waals surface area contributed by atoms with Crippen LogP contribution in [0.3, 0.4) is 0 Å². The molecule has 1 saturated carbocycles. The molecule has 0 amide bonds. The second kappa shape index (κ2) is 6.09. The Hall–Kier alpha value is -1.51. The van der Waals surface area contributed by atoms with Gasteiger partial charge in [0.2, 0.25) is 0 Å². The summed E-state index contributed by atoms with van der Waals surface area (Å²) < 4.78 is 5.61. The summed E-state index contributed by atoms with van der Waals surface area (Å²) in [6, 6.07) is 5.31. The maximum Gasteiger partial charge on any atom is 0.338 e. The van der Waals surface area contributed by atoms with Crippen LogP contribution in [0.25, 0.3) is 0 Å². The minimum absolute atomic E-state index is 0.0900. The third-order valence-corrected chi connectivity index (χ3v) is 4.12. The monoisotopic (exact) mass is 261 g/mol. The molecule has 0 spiro atoms. The van der Waals surface area contributed by atoms with Gasteiger partial charge < -0.3 is 10.5 Å². The second-order valence-corrected chi connectivity index (χ2v) is 5.53. The van der Waals surface area contributed by atoms with Gasteiger partial charge in [-0.15, -0.1) is 0 Å². The van der Waals surface area contributed by atoms with Gasteiger partial charge in [-0.25, -0.2) is 4.79 Å². The van der Waals surface area contributed by atoms with E-state index in [9.17, 15) is 4.79 Å². The number of anilines is 1. The molecule has 1 aromatic carbocycles. The number of nitrogens with two attached hydrogens (primary N) is 1. The van der Waals surface area contributed by atoms with Gasteiger partial charge in [0.25, 0.3) is 0 Å². The Morgan fingerprint density at radius 2 is 2.00 bits per heavy atom. The second-order valence-electron chi connectivity index (χ2n) is 5.53. The van der Waals surface area contributed by atoms with Crippen LogP contribution in [0.4, 0.5) is 5.69 Å².